The molecular formula is C13H19N5O. The fourth-order valence-corrected chi connectivity index (χ4v) is 1.81. The number of hydrogen-bond acceptors (Lipinski definition) is 4. The summed E-state index contributed by atoms with van der Waals surface area (Å²) in [6, 6.07) is 1.61. The number of carbonyl (C=O) groups is 1. The van der Waals surface area contributed by atoms with Crippen LogP contribution < -0.4 is 11.1 Å². The highest BCUT2D eigenvalue weighted by molar-refractivity contribution is 5.95. The first-order valence-corrected chi connectivity index (χ1v) is 6.42. The molecule has 6 nitrogen and oxygen atoms in total. The Morgan fingerprint density at radius 2 is 2.21 bits per heavy atom. The van der Waals surface area contributed by atoms with Crippen molar-refractivity contribution in [2.24, 2.45) is 5.73 Å². The molecular weight excluding hydrogens is 242 g/mol. The van der Waals surface area contributed by atoms with Crippen molar-refractivity contribution in [3.63, 3.8) is 0 Å². The van der Waals surface area contributed by atoms with Crippen molar-refractivity contribution in [1.29, 1.82) is 0 Å². The van der Waals surface area contributed by atoms with Crippen LogP contribution in [0, 0.1) is 0 Å². The molecule has 0 aliphatic rings. The minimum absolute atomic E-state index is 0.195. The lowest BCUT2D eigenvalue weighted by molar-refractivity contribution is -0.117. The normalized spacial score (nSPS) is 12.9. The van der Waals surface area contributed by atoms with E-state index in [2.05, 4.69) is 15.4 Å². The standard InChI is InChI=1S/C13H19N5O/c1-4-11(14)13(19)17-10-5-9-6-16-18(8(2)3)12(9)15-7-10/h5-8,11H,4,14H2,1-3H3,(H,17,19)/t11-/m0/s1. The van der Waals surface area contributed by atoms with Gasteiger partial charge >= 0.3 is 0 Å². The molecule has 0 radical (unpaired) electrons. The summed E-state index contributed by atoms with van der Waals surface area (Å²) in [5.41, 5.74) is 7.13. The summed E-state index contributed by atoms with van der Waals surface area (Å²) in [4.78, 5) is 16.1. The number of aromatic nitrogens is 3. The number of pyridine rings is 1. The van der Waals surface area contributed by atoms with Crippen LogP contribution in [0.1, 0.15) is 33.2 Å². The lowest BCUT2D eigenvalue weighted by Gasteiger charge is -2.10. The maximum atomic E-state index is 11.7. The van der Waals surface area contributed by atoms with Gasteiger partial charge in [0.25, 0.3) is 0 Å². The molecule has 0 aliphatic heterocycles. The zero-order chi connectivity index (χ0) is 14.0. The highest BCUT2D eigenvalue weighted by atomic mass is 16.2. The van der Waals surface area contributed by atoms with Crippen molar-refractivity contribution >= 4 is 22.6 Å². The zero-order valence-corrected chi connectivity index (χ0v) is 11.4. The van der Waals surface area contributed by atoms with E-state index in [1.54, 1.807) is 12.4 Å². The molecule has 0 saturated heterocycles. The maximum Gasteiger partial charge on any atom is 0.241 e. The molecule has 0 bridgehead atoms. The highest BCUT2D eigenvalue weighted by Gasteiger charge is 2.12. The number of hydrogen-bond donors (Lipinski definition) is 2. The van der Waals surface area contributed by atoms with Crippen LogP contribution in [0.4, 0.5) is 5.69 Å². The summed E-state index contributed by atoms with van der Waals surface area (Å²) in [7, 11) is 0. The first-order valence-electron chi connectivity index (χ1n) is 6.42. The molecule has 2 aromatic rings. The second kappa shape index (κ2) is 5.36. The van der Waals surface area contributed by atoms with Crippen LogP contribution >= 0.6 is 0 Å². The highest BCUT2D eigenvalue weighted by Crippen LogP contribution is 2.19. The SMILES string of the molecule is CC[C@H](N)C(=O)Nc1cnc2c(cnn2C(C)C)c1. The predicted molar refractivity (Wildman–Crippen MR) is 74.8 cm³/mol. The molecule has 0 saturated carbocycles. The van der Waals surface area contributed by atoms with Gasteiger partial charge in [-0.25, -0.2) is 9.67 Å². The Bertz CT molecular complexity index is 590. The topological polar surface area (TPSA) is 85.8 Å². The van der Waals surface area contributed by atoms with Gasteiger partial charge in [-0.05, 0) is 26.3 Å². The van der Waals surface area contributed by atoms with E-state index in [-0.39, 0.29) is 11.9 Å². The number of carbonyl (C=O) groups excluding carboxylic acids is 1. The molecule has 0 aromatic carbocycles. The molecule has 2 rings (SSSR count). The summed E-state index contributed by atoms with van der Waals surface area (Å²) in [6.07, 6.45) is 3.98. The van der Waals surface area contributed by atoms with Gasteiger partial charge in [-0.15, -0.1) is 0 Å². The molecule has 3 N–H and O–H groups in total. The quantitative estimate of drug-likeness (QED) is 0.877. The number of anilines is 1. The number of nitrogens with one attached hydrogen (secondary N) is 1. The predicted octanol–water partition coefficient (Wildman–Crippen LogP) is 1.69. The van der Waals surface area contributed by atoms with Crippen molar-refractivity contribution < 1.29 is 4.79 Å². The van der Waals surface area contributed by atoms with Crippen LogP contribution in [0.3, 0.4) is 0 Å². The van der Waals surface area contributed by atoms with Crippen LogP contribution in [-0.4, -0.2) is 26.7 Å². The summed E-state index contributed by atoms with van der Waals surface area (Å²) in [5.74, 6) is -0.195. The van der Waals surface area contributed by atoms with Crippen LogP contribution in [0.25, 0.3) is 11.0 Å². The number of amides is 1. The van der Waals surface area contributed by atoms with Gasteiger partial charge in [0.2, 0.25) is 5.91 Å². The van der Waals surface area contributed by atoms with Crippen molar-refractivity contribution in [2.45, 2.75) is 39.3 Å². The third-order valence-electron chi connectivity index (χ3n) is 2.97. The van der Waals surface area contributed by atoms with Crippen molar-refractivity contribution in [3.05, 3.63) is 18.5 Å². The molecule has 19 heavy (non-hydrogen) atoms. The molecule has 0 aliphatic carbocycles. The monoisotopic (exact) mass is 261 g/mol. The van der Waals surface area contributed by atoms with E-state index in [1.807, 2.05) is 31.5 Å². The number of rotatable bonds is 4. The molecule has 6 heteroatoms. The number of nitrogens with two attached hydrogens (primary N) is 1. The van der Waals surface area contributed by atoms with Gasteiger partial charge in [0.1, 0.15) is 0 Å². The molecule has 1 amide bonds. The molecule has 2 heterocycles. The summed E-state index contributed by atoms with van der Waals surface area (Å²) < 4.78 is 1.85. The van der Waals surface area contributed by atoms with Gasteiger partial charge in [0.05, 0.1) is 24.1 Å². The first kappa shape index (κ1) is 13.5. The Kier molecular flexibility index (Phi) is 3.80. The maximum absolute atomic E-state index is 11.7. The summed E-state index contributed by atoms with van der Waals surface area (Å²) in [5, 5.41) is 7.94. The average Bonchev–Trinajstić information content (AvgIpc) is 2.80. The third-order valence-corrected chi connectivity index (χ3v) is 2.97. The Balaban J connectivity index is 2.25. The second-order valence-electron chi connectivity index (χ2n) is 4.82. The zero-order valence-electron chi connectivity index (χ0n) is 11.4. The smallest absolute Gasteiger partial charge is 0.241 e. The van der Waals surface area contributed by atoms with Crippen LogP contribution in [0.15, 0.2) is 18.5 Å². The summed E-state index contributed by atoms with van der Waals surface area (Å²) in [6.45, 7) is 5.96. The van der Waals surface area contributed by atoms with Crippen molar-refractivity contribution in [2.75, 3.05) is 5.32 Å². The van der Waals surface area contributed by atoms with Crippen LogP contribution in [0.5, 0.6) is 0 Å². The van der Waals surface area contributed by atoms with Crippen molar-refractivity contribution in [3.8, 4) is 0 Å². The van der Waals surface area contributed by atoms with Gasteiger partial charge < -0.3 is 11.1 Å². The van der Waals surface area contributed by atoms with Gasteiger partial charge in [-0.2, -0.15) is 5.10 Å². The van der Waals surface area contributed by atoms with E-state index >= 15 is 0 Å². The fourth-order valence-electron chi connectivity index (χ4n) is 1.81. The molecule has 2 aromatic heterocycles. The largest absolute Gasteiger partial charge is 0.323 e. The average molecular weight is 261 g/mol. The molecule has 0 fully saturated rings. The fraction of sp³-hybridized carbons (Fsp3) is 0.462. The number of fused-ring (bicyclic) bond motifs is 1. The van der Waals surface area contributed by atoms with Crippen LogP contribution in [0.2, 0.25) is 0 Å². The van der Waals surface area contributed by atoms with E-state index < -0.39 is 6.04 Å². The van der Waals surface area contributed by atoms with Gasteiger partial charge in [-0.3, -0.25) is 4.79 Å². The first-order chi connectivity index (χ1) is 9.02. The van der Waals surface area contributed by atoms with E-state index in [0.717, 1.165) is 11.0 Å². The lowest BCUT2D eigenvalue weighted by Crippen LogP contribution is -2.34. The Hall–Kier alpha value is -1.95. The number of nitrogens with zero attached hydrogens (tertiary/aromatic N) is 3. The van der Waals surface area contributed by atoms with Crippen LogP contribution in [-0.2, 0) is 4.79 Å². The Morgan fingerprint density at radius 1 is 1.47 bits per heavy atom. The Labute approximate surface area is 112 Å². The van der Waals surface area contributed by atoms with E-state index in [4.69, 9.17) is 5.73 Å². The molecule has 0 unspecified atom stereocenters. The molecule has 1 atom stereocenters. The van der Waals surface area contributed by atoms with Gasteiger partial charge in [0.15, 0.2) is 5.65 Å². The summed E-state index contributed by atoms with van der Waals surface area (Å²) >= 11 is 0. The lowest BCUT2D eigenvalue weighted by atomic mass is 10.2. The second-order valence-corrected chi connectivity index (χ2v) is 4.82. The van der Waals surface area contributed by atoms with E-state index in [9.17, 15) is 4.79 Å². The van der Waals surface area contributed by atoms with E-state index in [0.29, 0.717) is 12.1 Å². The van der Waals surface area contributed by atoms with Crippen molar-refractivity contribution in [1.82, 2.24) is 14.8 Å². The minimum atomic E-state index is -0.492. The van der Waals surface area contributed by atoms with Gasteiger partial charge in [-0.1, -0.05) is 6.92 Å². The molecule has 102 valence electrons. The third kappa shape index (κ3) is 2.73. The van der Waals surface area contributed by atoms with Gasteiger partial charge in [0, 0.05) is 11.4 Å². The Morgan fingerprint density at radius 3 is 2.84 bits per heavy atom. The van der Waals surface area contributed by atoms with E-state index in [1.165, 1.54) is 0 Å². The molecule has 0 spiro atoms. The minimum Gasteiger partial charge on any atom is -0.323 e.